The van der Waals surface area contributed by atoms with Crippen LogP contribution in [-0.4, -0.2) is 35.8 Å². The van der Waals surface area contributed by atoms with Crippen molar-refractivity contribution in [3.8, 4) is 0 Å². The number of hydrogen-bond acceptors (Lipinski definition) is 4. The lowest BCUT2D eigenvalue weighted by Gasteiger charge is -2.05. The molecule has 1 heterocycles. The number of ether oxygens (including phenoxy) is 1. The molecular weight excluding hydrogens is 220 g/mol. The Bertz CT molecular complexity index is 355. The molecule has 0 saturated carbocycles. The maximum atomic E-state index is 10.7. The van der Waals surface area contributed by atoms with Gasteiger partial charge >= 0.3 is 5.97 Å². The van der Waals surface area contributed by atoms with E-state index in [2.05, 4.69) is 10.3 Å². The molecule has 0 unspecified atom stereocenters. The Labute approximate surface area is 101 Å². The summed E-state index contributed by atoms with van der Waals surface area (Å²) in [4.78, 5) is 14.7. The van der Waals surface area contributed by atoms with Gasteiger partial charge in [-0.05, 0) is 32.0 Å². The highest BCUT2D eigenvalue weighted by Crippen LogP contribution is 1.99. The highest BCUT2D eigenvalue weighted by atomic mass is 16.5. The molecule has 1 rings (SSSR count). The van der Waals surface area contributed by atoms with Crippen molar-refractivity contribution >= 4 is 5.97 Å². The minimum absolute atomic E-state index is 0.0821. The number of hydrogen-bond donors (Lipinski definition) is 2. The van der Waals surface area contributed by atoms with Gasteiger partial charge in [0.2, 0.25) is 0 Å². The maximum absolute atomic E-state index is 10.7. The van der Waals surface area contributed by atoms with Gasteiger partial charge in [-0.25, -0.2) is 9.78 Å². The molecule has 5 nitrogen and oxygen atoms in total. The molecule has 0 aliphatic heterocycles. The van der Waals surface area contributed by atoms with Gasteiger partial charge in [0.05, 0.1) is 5.69 Å². The molecule has 0 radical (unpaired) electrons. The minimum Gasteiger partial charge on any atom is -0.477 e. The number of aromatic carboxylic acids is 1. The van der Waals surface area contributed by atoms with E-state index >= 15 is 0 Å². The summed E-state index contributed by atoms with van der Waals surface area (Å²) in [6.45, 7) is 4.86. The van der Waals surface area contributed by atoms with Crippen molar-refractivity contribution in [2.75, 3.05) is 19.8 Å². The van der Waals surface area contributed by atoms with Crippen LogP contribution in [0.25, 0.3) is 0 Å². The zero-order chi connectivity index (χ0) is 12.5. The van der Waals surface area contributed by atoms with Crippen LogP contribution in [0.1, 0.15) is 29.5 Å². The average molecular weight is 238 g/mol. The van der Waals surface area contributed by atoms with E-state index in [1.54, 1.807) is 6.07 Å². The fourth-order valence-electron chi connectivity index (χ4n) is 1.36. The van der Waals surface area contributed by atoms with Crippen LogP contribution in [0.3, 0.4) is 0 Å². The fraction of sp³-hybridized carbons (Fsp3) is 0.500. The maximum Gasteiger partial charge on any atom is 0.354 e. The fourth-order valence-corrected chi connectivity index (χ4v) is 1.36. The second-order valence-electron chi connectivity index (χ2n) is 3.55. The molecule has 0 saturated heterocycles. The topological polar surface area (TPSA) is 71.5 Å². The van der Waals surface area contributed by atoms with Crippen molar-refractivity contribution in [1.29, 1.82) is 0 Å². The summed E-state index contributed by atoms with van der Waals surface area (Å²) < 4.78 is 5.20. The van der Waals surface area contributed by atoms with E-state index in [0.717, 1.165) is 31.9 Å². The predicted molar refractivity (Wildman–Crippen MR) is 64.0 cm³/mol. The van der Waals surface area contributed by atoms with E-state index in [1.165, 1.54) is 6.07 Å². The molecule has 0 bridgehead atoms. The number of rotatable bonds is 8. The molecule has 17 heavy (non-hydrogen) atoms. The van der Waals surface area contributed by atoms with Gasteiger partial charge in [-0.1, -0.05) is 6.07 Å². The van der Waals surface area contributed by atoms with Gasteiger partial charge in [0.1, 0.15) is 5.69 Å². The van der Waals surface area contributed by atoms with Crippen LogP contribution >= 0.6 is 0 Å². The second kappa shape index (κ2) is 7.76. The van der Waals surface area contributed by atoms with E-state index < -0.39 is 5.97 Å². The first kappa shape index (κ1) is 13.6. The molecule has 0 atom stereocenters. The molecule has 1 aromatic rings. The molecule has 0 aliphatic carbocycles. The third kappa shape index (κ3) is 5.42. The quantitative estimate of drug-likeness (QED) is 0.668. The molecule has 0 amide bonds. The Morgan fingerprint density at radius 2 is 2.35 bits per heavy atom. The standard InChI is InChI=1S/C12H18N2O3/c1-2-17-8-4-7-13-9-10-5-3-6-11(14-10)12(15)16/h3,5-6,13H,2,4,7-9H2,1H3,(H,15,16). The number of nitrogens with one attached hydrogen (secondary N) is 1. The third-order valence-electron chi connectivity index (χ3n) is 2.18. The molecule has 0 aromatic carbocycles. The summed E-state index contributed by atoms with van der Waals surface area (Å²) in [5.74, 6) is -0.997. The van der Waals surface area contributed by atoms with E-state index in [9.17, 15) is 4.79 Å². The Balaban J connectivity index is 2.27. The van der Waals surface area contributed by atoms with Crippen molar-refractivity contribution in [2.45, 2.75) is 19.9 Å². The molecule has 94 valence electrons. The van der Waals surface area contributed by atoms with E-state index in [-0.39, 0.29) is 5.69 Å². The summed E-state index contributed by atoms with van der Waals surface area (Å²) in [6, 6.07) is 5.00. The van der Waals surface area contributed by atoms with Gasteiger partial charge in [0.25, 0.3) is 0 Å². The van der Waals surface area contributed by atoms with Crippen LogP contribution in [0, 0.1) is 0 Å². The first-order chi connectivity index (χ1) is 8.24. The smallest absolute Gasteiger partial charge is 0.354 e. The Morgan fingerprint density at radius 1 is 1.53 bits per heavy atom. The lowest BCUT2D eigenvalue weighted by Crippen LogP contribution is -2.17. The van der Waals surface area contributed by atoms with Gasteiger partial charge in [0.15, 0.2) is 0 Å². The lowest BCUT2D eigenvalue weighted by molar-refractivity contribution is 0.0690. The van der Waals surface area contributed by atoms with Crippen molar-refractivity contribution in [1.82, 2.24) is 10.3 Å². The van der Waals surface area contributed by atoms with Crippen LogP contribution in [0.4, 0.5) is 0 Å². The Kier molecular flexibility index (Phi) is 6.21. The highest BCUT2D eigenvalue weighted by Gasteiger charge is 2.04. The van der Waals surface area contributed by atoms with Gasteiger partial charge in [0, 0.05) is 19.8 Å². The Morgan fingerprint density at radius 3 is 3.06 bits per heavy atom. The average Bonchev–Trinajstić information content (AvgIpc) is 2.34. The van der Waals surface area contributed by atoms with Gasteiger partial charge in [-0.3, -0.25) is 0 Å². The number of carboxylic acid groups (broad SMARTS) is 1. The number of pyridine rings is 1. The normalized spacial score (nSPS) is 10.4. The summed E-state index contributed by atoms with van der Waals surface area (Å²) in [5.41, 5.74) is 0.819. The van der Waals surface area contributed by atoms with E-state index in [4.69, 9.17) is 9.84 Å². The largest absolute Gasteiger partial charge is 0.477 e. The van der Waals surface area contributed by atoms with Crippen LogP contribution in [0.2, 0.25) is 0 Å². The third-order valence-corrected chi connectivity index (χ3v) is 2.18. The Hall–Kier alpha value is -1.46. The van der Waals surface area contributed by atoms with Gasteiger partial charge in [-0.2, -0.15) is 0 Å². The lowest BCUT2D eigenvalue weighted by atomic mass is 10.3. The van der Waals surface area contributed by atoms with Crippen LogP contribution in [0.5, 0.6) is 0 Å². The zero-order valence-electron chi connectivity index (χ0n) is 9.98. The van der Waals surface area contributed by atoms with Crippen LogP contribution in [-0.2, 0) is 11.3 Å². The number of nitrogens with zero attached hydrogens (tertiary/aromatic N) is 1. The zero-order valence-corrected chi connectivity index (χ0v) is 9.98. The molecule has 0 fully saturated rings. The second-order valence-corrected chi connectivity index (χ2v) is 3.55. The van der Waals surface area contributed by atoms with E-state index in [1.807, 2.05) is 13.0 Å². The number of carbonyl (C=O) groups is 1. The van der Waals surface area contributed by atoms with Gasteiger partial charge in [-0.15, -0.1) is 0 Å². The predicted octanol–water partition coefficient (Wildman–Crippen LogP) is 1.30. The summed E-state index contributed by atoms with van der Waals surface area (Å²) in [6.07, 6.45) is 0.937. The molecular formula is C12H18N2O3. The molecule has 0 aliphatic rings. The first-order valence-electron chi connectivity index (χ1n) is 5.71. The SMILES string of the molecule is CCOCCCNCc1cccc(C(=O)O)n1. The van der Waals surface area contributed by atoms with Crippen LogP contribution in [0.15, 0.2) is 18.2 Å². The summed E-state index contributed by atoms with van der Waals surface area (Å²) in [5, 5.41) is 12.0. The minimum atomic E-state index is -0.997. The van der Waals surface area contributed by atoms with Crippen molar-refractivity contribution in [3.05, 3.63) is 29.6 Å². The molecule has 0 spiro atoms. The number of aromatic nitrogens is 1. The summed E-state index contributed by atoms with van der Waals surface area (Å²) >= 11 is 0. The number of carboxylic acids is 1. The van der Waals surface area contributed by atoms with Crippen molar-refractivity contribution in [3.63, 3.8) is 0 Å². The van der Waals surface area contributed by atoms with Crippen LogP contribution < -0.4 is 5.32 Å². The van der Waals surface area contributed by atoms with E-state index in [0.29, 0.717) is 6.54 Å². The molecule has 5 heteroatoms. The van der Waals surface area contributed by atoms with Gasteiger partial charge < -0.3 is 15.2 Å². The summed E-state index contributed by atoms with van der Waals surface area (Å²) in [7, 11) is 0. The molecule has 1 aromatic heterocycles. The monoisotopic (exact) mass is 238 g/mol. The van der Waals surface area contributed by atoms with Crippen molar-refractivity contribution in [2.24, 2.45) is 0 Å². The highest BCUT2D eigenvalue weighted by molar-refractivity contribution is 5.85. The molecule has 2 N–H and O–H groups in total. The first-order valence-corrected chi connectivity index (χ1v) is 5.71. The van der Waals surface area contributed by atoms with Crippen molar-refractivity contribution < 1.29 is 14.6 Å².